The fourth-order valence-corrected chi connectivity index (χ4v) is 3.00. The molecule has 1 aromatic heterocycles. The van der Waals surface area contributed by atoms with Crippen molar-refractivity contribution in [2.24, 2.45) is 0 Å². The van der Waals surface area contributed by atoms with E-state index in [1.165, 1.54) is 10.6 Å². The van der Waals surface area contributed by atoms with Crippen LogP contribution in [0.1, 0.15) is 10.4 Å². The summed E-state index contributed by atoms with van der Waals surface area (Å²) in [6, 6.07) is 1.66. The van der Waals surface area contributed by atoms with Crippen molar-refractivity contribution in [3.05, 3.63) is 24.0 Å². The molecule has 1 aromatic rings. The topological polar surface area (TPSA) is 82.6 Å². The van der Waals surface area contributed by atoms with Gasteiger partial charge in [-0.3, -0.25) is 9.78 Å². The van der Waals surface area contributed by atoms with Crippen molar-refractivity contribution in [2.75, 3.05) is 44.8 Å². The Bertz CT molecular complexity index is 594. The molecule has 2 heterocycles. The summed E-state index contributed by atoms with van der Waals surface area (Å²) < 4.78 is 24.3. The number of pyridine rings is 1. The maximum atomic E-state index is 12.4. The van der Waals surface area contributed by atoms with E-state index in [0.29, 0.717) is 37.4 Å². The number of anilines is 1. The Kier molecular flexibility index (Phi) is 4.24. The Balaban J connectivity index is 2.09. The number of sulfonamides is 1. The molecule has 0 aromatic carbocycles. The minimum absolute atomic E-state index is 0.107. The Morgan fingerprint density at radius 3 is 2.50 bits per heavy atom. The normalized spacial score (nSPS) is 17.0. The Hall–Kier alpha value is -1.67. The zero-order chi connectivity index (χ0) is 14.8. The number of hydrogen-bond donors (Lipinski definition) is 1. The van der Waals surface area contributed by atoms with E-state index in [0.717, 1.165) is 0 Å². The highest BCUT2D eigenvalue weighted by Crippen LogP contribution is 2.17. The fraction of sp³-hybridized carbons (Fsp3) is 0.500. The average molecular weight is 298 g/mol. The lowest BCUT2D eigenvalue weighted by Crippen LogP contribution is -2.50. The van der Waals surface area contributed by atoms with Crippen LogP contribution in [0.3, 0.4) is 0 Å². The summed E-state index contributed by atoms with van der Waals surface area (Å²) in [7, 11) is -1.45. The van der Waals surface area contributed by atoms with Crippen molar-refractivity contribution in [1.82, 2.24) is 14.2 Å². The van der Waals surface area contributed by atoms with Gasteiger partial charge in [-0.2, -0.15) is 4.31 Å². The first-order chi connectivity index (χ1) is 9.43. The van der Waals surface area contributed by atoms with Gasteiger partial charge in [0.2, 0.25) is 10.0 Å². The Morgan fingerprint density at radius 2 is 1.95 bits per heavy atom. The molecule has 1 aliphatic heterocycles. The molecule has 7 nitrogen and oxygen atoms in total. The van der Waals surface area contributed by atoms with E-state index < -0.39 is 10.0 Å². The lowest BCUT2D eigenvalue weighted by molar-refractivity contribution is 0.0699. The molecule has 1 aliphatic rings. The van der Waals surface area contributed by atoms with E-state index in [9.17, 15) is 13.2 Å². The number of piperazine rings is 1. The molecule has 2 rings (SSSR count). The van der Waals surface area contributed by atoms with Crippen LogP contribution >= 0.6 is 0 Å². The van der Waals surface area contributed by atoms with Crippen LogP contribution in [0.4, 0.5) is 5.69 Å². The third-order valence-corrected chi connectivity index (χ3v) is 4.62. The lowest BCUT2D eigenvalue weighted by Gasteiger charge is -2.33. The van der Waals surface area contributed by atoms with Crippen LogP contribution in [0, 0.1) is 0 Å². The van der Waals surface area contributed by atoms with E-state index in [2.05, 4.69) is 10.3 Å². The molecule has 1 N–H and O–H groups in total. The maximum absolute atomic E-state index is 12.4. The second-order valence-electron chi connectivity index (χ2n) is 4.63. The van der Waals surface area contributed by atoms with Crippen LogP contribution in [-0.2, 0) is 10.0 Å². The molecule has 0 atom stereocenters. The zero-order valence-corrected chi connectivity index (χ0v) is 12.4. The summed E-state index contributed by atoms with van der Waals surface area (Å²) in [4.78, 5) is 18.1. The van der Waals surface area contributed by atoms with Crippen molar-refractivity contribution in [3.8, 4) is 0 Å². The van der Waals surface area contributed by atoms with E-state index >= 15 is 0 Å². The van der Waals surface area contributed by atoms with Crippen LogP contribution in [0.15, 0.2) is 18.5 Å². The molecular formula is C12H18N4O3S. The second kappa shape index (κ2) is 5.76. The number of carbonyl (C=O) groups excluding carboxylic acids is 1. The first kappa shape index (κ1) is 14.7. The van der Waals surface area contributed by atoms with E-state index in [-0.39, 0.29) is 5.91 Å². The highest BCUT2D eigenvalue weighted by Gasteiger charge is 2.27. The van der Waals surface area contributed by atoms with Gasteiger partial charge in [-0.1, -0.05) is 0 Å². The molecule has 0 bridgehead atoms. The second-order valence-corrected chi connectivity index (χ2v) is 6.61. The lowest BCUT2D eigenvalue weighted by atomic mass is 10.2. The minimum Gasteiger partial charge on any atom is -0.386 e. The molecule has 0 saturated carbocycles. The minimum atomic E-state index is -3.18. The summed E-state index contributed by atoms with van der Waals surface area (Å²) in [5, 5.41) is 2.93. The van der Waals surface area contributed by atoms with E-state index in [1.54, 1.807) is 30.4 Å². The monoisotopic (exact) mass is 298 g/mol. The van der Waals surface area contributed by atoms with E-state index in [4.69, 9.17) is 0 Å². The van der Waals surface area contributed by atoms with Gasteiger partial charge in [0.25, 0.3) is 5.91 Å². The third kappa shape index (κ3) is 3.07. The van der Waals surface area contributed by atoms with E-state index in [1.807, 2.05) is 0 Å². The predicted molar refractivity (Wildman–Crippen MR) is 76.1 cm³/mol. The molecule has 20 heavy (non-hydrogen) atoms. The molecule has 0 spiro atoms. The van der Waals surface area contributed by atoms with Gasteiger partial charge in [-0.15, -0.1) is 0 Å². The van der Waals surface area contributed by atoms with Gasteiger partial charge >= 0.3 is 0 Å². The quantitative estimate of drug-likeness (QED) is 0.838. The van der Waals surface area contributed by atoms with Gasteiger partial charge in [-0.25, -0.2) is 8.42 Å². The summed E-state index contributed by atoms with van der Waals surface area (Å²) in [5.74, 6) is -0.107. The van der Waals surface area contributed by atoms with Crippen molar-refractivity contribution in [2.45, 2.75) is 0 Å². The Labute approximate surface area is 118 Å². The molecule has 8 heteroatoms. The van der Waals surface area contributed by atoms with Crippen LogP contribution < -0.4 is 5.32 Å². The summed E-state index contributed by atoms with van der Waals surface area (Å²) in [6.45, 7) is 1.48. The van der Waals surface area contributed by atoms with Gasteiger partial charge in [0.1, 0.15) is 0 Å². The summed E-state index contributed by atoms with van der Waals surface area (Å²) >= 11 is 0. The average Bonchev–Trinajstić information content (AvgIpc) is 2.45. The zero-order valence-electron chi connectivity index (χ0n) is 11.5. The Morgan fingerprint density at radius 1 is 1.30 bits per heavy atom. The first-order valence-electron chi connectivity index (χ1n) is 6.29. The maximum Gasteiger partial charge on any atom is 0.256 e. The highest BCUT2D eigenvalue weighted by atomic mass is 32.2. The molecule has 0 unspecified atom stereocenters. The van der Waals surface area contributed by atoms with Crippen molar-refractivity contribution >= 4 is 21.6 Å². The molecule has 1 amide bonds. The summed E-state index contributed by atoms with van der Waals surface area (Å²) in [5.41, 5.74) is 1.22. The standard InChI is InChI=1S/C12H18N4O3S/c1-13-11-9-14-4-3-10(11)12(17)15-5-7-16(8-6-15)20(2,18)19/h3-4,9,13H,5-8H2,1-2H3. The largest absolute Gasteiger partial charge is 0.386 e. The fourth-order valence-electron chi connectivity index (χ4n) is 2.17. The smallest absolute Gasteiger partial charge is 0.256 e. The predicted octanol–water partition coefficient (Wildman–Crippen LogP) is -0.159. The number of nitrogens with zero attached hydrogens (tertiary/aromatic N) is 3. The van der Waals surface area contributed by atoms with Crippen molar-refractivity contribution in [3.63, 3.8) is 0 Å². The van der Waals surface area contributed by atoms with Crippen LogP contribution in [0.5, 0.6) is 0 Å². The summed E-state index contributed by atoms with van der Waals surface area (Å²) in [6.07, 6.45) is 4.35. The van der Waals surface area contributed by atoms with Crippen LogP contribution in [0.2, 0.25) is 0 Å². The van der Waals surface area contributed by atoms with Crippen molar-refractivity contribution < 1.29 is 13.2 Å². The van der Waals surface area contributed by atoms with Gasteiger partial charge in [0.05, 0.1) is 23.7 Å². The van der Waals surface area contributed by atoms with Gasteiger partial charge in [-0.05, 0) is 6.07 Å². The van der Waals surface area contributed by atoms with Crippen LogP contribution in [0.25, 0.3) is 0 Å². The highest BCUT2D eigenvalue weighted by molar-refractivity contribution is 7.88. The van der Waals surface area contributed by atoms with Crippen LogP contribution in [-0.4, -0.2) is 68.0 Å². The number of amides is 1. The number of carbonyl (C=O) groups is 1. The molecule has 0 radical (unpaired) electrons. The third-order valence-electron chi connectivity index (χ3n) is 3.32. The molecule has 0 aliphatic carbocycles. The van der Waals surface area contributed by atoms with Gasteiger partial charge in [0, 0.05) is 39.4 Å². The van der Waals surface area contributed by atoms with Gasteiger partial charge in [0.15, 0.2) is 0 Å². The number of nitrogens with one attached hydrogen (secondary N) is 1. The SMILES string of the molecule is CNc1cnccc1C(=O)N1CCN(S(C)(=O)=O)CC1. The molecule has 110 valence electrons. The van der Waals surface area contributed by atoms with Crippen molar-refractivity contribution in [1.29, 1.82) is 0 Å². The number of rotatable bonds is 3. The first-order valence-corrected chi connectivity index (χ1v) is 8.14. The van der Waals surface area contributed by atoms with Gasteiger partial charge < -0.3 is 10.2 Å². The molecular weight excluding hydrogens is 280 g/mol. The number of aromatic nitrogens is 1. The molecule has 1 fully saturated rings. The number of hydrogen-bond acceptors (Lipinski definition) is 5. The molecule has 1 saturated heterocycles.